The quantitative estimate of drug-likeness (QED) is 0.314. The number of rotatable bonds is 4. The van der Waals surface area contributed by atoms with Gasteiger partial charge in [0.05, 0.1) is 0 Å². The Kier molecular flexibility index (Phi) is 7.37. The molecule has 4 N–H and O–H groups in total. The molecule has 4 aromatic rings. The SMILES string of the molecule is Cc1nc2scc(C)n2c(=O)c1CCN1CCC(c2c[nH]c3ccccc23)CC1.O=P(O)(O)O. The van der Waals surface area contributed by atoms with Crippen LogP contribution in [0.15, 0.2) is 40.6 Å². The van der Waals surface area contributed by atoms with Crippen molar-refractivity contribution in [1.29, 1.82) is 0 Å². The standard InChI is InChI=1S/C23H26N4OS.H3O4P/c1-15-14-29-23-25-16(2)18(22(28)27(15)23)9-12-26-10-7-17(8-11-26)20-13-24-21-6-4-3-5-19(20)21;1-5(2,3)4/h3-6,13-14,17,24H,7-12H2,1-2H3;(H3,1,2,3,4). The van der Waals surface area contributed by atoms with E-state index >= 15 is 0 Å². The Morgan fingerprint density at radius 1 is 1.18 bits per heavy atom. The van der Waals surface area contributed by atoms with Gasteiger partial charge in [0.2, 0.25) is 0 Å². The minimum Gasteiger partial charge on any atom is -0.361 e. The van der Waals surface area contributed by atoms with Gasteiger partial charge < -0.3 is 24.6 Å². The number of likely N-dealkylation sites (tertiary alicyclic amines) is 1. The fourth-order valence-electron chi connectivity index (χ4n) is 4.68. The molecule has 1 aliphatic heterocycles. The topological polar surface area (TPSA) is 131 Å². The number of phosphoric acid groups is 1. The van der Waals surface area contributed by atoms with E-state index in [4.69, 9.17) is 19.2 Å². The number of H-pyrrole nitrogens is 1. The normalized spacial score (nSPS) is 15.6. The minimum atomic E-state index is -4.64. The Morgan fingerprint density at radius 2 is 1.85 bits per heavy atom. The number of nitrogens with one attached hydrogen (secondary N) is 1. The number of nitrogens with zero attached hydrogens (tertiary/aromatic N) is 3. The molecule has 1 fully saturated rings. The summed E-state index contributed by atoms with van der Waals surface area (Å²) in [6.45, 7) is 7.03. The molecule has 9 nitrogen and oxygen atoms in total. The maximum absolute atomic E-state index is 12.9. The number of hydrogen-bond donors (Lipinski definition) is 4. The number of piperidine rings is 1. The van der Waals surface area contributed by atoms with Gasteiger partial charge >= 0.3 is 7.82 Å². The average molecular weight is 505 g/mol. The molecule has 34 heavy (non-hydrogen) atoms. The molecule has 5 rings (SSSR count). The number of para-hydroxylation sites is 1. The van der Waals surface area contributed by atoms with Crippen molar-refractivity contribution in [3.05, 3.63) is 68.7 Å². The smallest absolute Gasteiger partial charge is 0.361 e. The van der Waals surface area contributed by atoms with Crippen LogP contribution >= 0.6 is 19.2 Å². The molecule has 0 aliphatic carbocycles. The van der Waals surface area contributed by atoms with Crippen molar-refractivity contribution in [2.24, 2.45) is 0 Å². The first-order valence-corrected chi connectivity index (χ1v) is 13.6. The zero-order valence-electron chi connectivity index (χ0n) is 19.1. The van der Waals surface area contributed by atoms with Gasteiger partial charge in [-0.3, -0.25) is 9.20 Å². The second-order valence-corrected chi connectivity index (χ2v) is 10.5. The van der Waals surface area contributed by atoms with Crippen LogP contribution in [-0.4, -0.2) is 53.6 Å². The molecule has 1 saturated heterocycles. The van der Waals surface area contributed by atoms with Crippen molar-refractivity contribution in [2.75, 3.05) is 19.6 Å². The molecule has 0 bridgehead atoms. The lowest BCUT2D eigenvalue weighted by Gasteiger charge is -2.32. The number of thiazole rings is 1. The largest absolute Gasteiger partial charge is 0.466 e. The van der Waals surface area contributed by atoms with Gasteiger partial charge in [-0.15, -0.1) is 11.3 Å². The Labute approximate surface area is 201 Å². The maximum Gasteiger partial charge on any atom is 0.466 e. The van der Waals surface area contributed by atoms with Gasteiger partial charge in [-0.1, -0.05) is 18.2 Å². The summed E-state index contributed by atoms with van der Waals surface area (Å²) < 4.78 is 10.6. The molecule has 0 spiro atoms. The molecule has 0 atom stereocenters. The van der Waals surface area contributed by atoms with Crippen molar-refractivity contribution in [3.8, 4) is 0 Å². The molecule has 0 unspecified atom stereocenters. The van der Waals surface area contributed by atoms with Crippen LogP contribution in [0, 0.1) is 13.8 Å². The van der Waals surface area contributed by atoms with Crippen LogP contribution in [0.1, 0.15) is 41.3 Å². The molecule has 1 aliphatic rings. The number of aryl methyl sites for hydroxylation is 2. The van der Waals surface area contributed by atoms with Crippen molar-refractivity contribution in [3.63, 3.8) is 0 Å². The van der Waals surface area contributed by atoms with Crippen LogP contribution in [0.3, 0.4) is 0 Å². The van der Waals surface area contributed by atoms with E-state index in [-0.39, 0.29) is 5.56 Å². The van der Waals surface area contributed by atoms with Gasteiger partial charge in [-0.2, -0.15) is 0 Å². The first-order chi connectivity index (χ1) is 16.1. The van der Waals surface area contributed by atoms with E-state index in [0.717, 1.165) is 48.0 Å². The van der Waals surface area contributed by atoms with Crippen LogP contribution in [0.2, 0.25) is 0 Å². The lowest BCUT2D eigenvalue weighted by Crippen LogP contribution is -2.35. The molecular formula is C23H29N4O5PS. The summed E-state index contributed by atoms with van der Waals surface area (Å²) in [5.41, 5.74) is 5.51. The molecular weight excluding hydrogens is 475 g/mol. The van der Waals surface area contributed by atoms with Crippen molar-refractivity contribution < 1.29 is 19.2 Å². The predicted molar refractivity (Wildman–Crippen MR) is 133 cm³/mol. The average Bonchev–Trinajstić information content (AvgIpc) is 3.36. The predicted octanol–water partition coefficient (Wildman–Crippen LogP) is 3.35. The highest BCUT2D eigenvalue weighted by molar-refractivity contribution is 7.45. The Balaban J connectivity index is 0.000000499. The van der Waals surface area contributed by atoms with Gasteiger partial charge in [0, 0.05) is 46.0 Å². The molecule has 1 aromatic carbocycles. The summed E-state index contributed by atoms with van der Waals surface area (Å²) in [7, 11) is -4.64. The van der Waals surface area contributed by atoms with Gasteiger partial charge in [-0.25, -0.2) is 9.55 Å². The van der Waals surface area contributed by atoms with Gasteiger partial charge in [0.15, 0.2) is 4.96 Å². The van der Waals surface area contributed by atoms with Crippen molar-refractivity contribution in [2.45, 2.75) is 39.0 Å². The highest BCUT2D eigenvalue weighted by Crippen LogP contribution is 2.33. The Hall–Kier alpha value is -2.33. The third-order valence-corrected chi connectivity index (χ3v) is 7.31. The van der Waals surface area contributed by atoms with Gasteiger partial charge in [-0.05, 0) is 63.7 Å². The Bertz CT molecular complexity index is 1390. The van der Waals surface area contributed by atoms with E-state index in [1.165, 1.54) is 40.6 Å². The van der Waals surface area contributed by atoms with Gasteiger partial charge in [0.1, 0.15) is 0 Å². The van der Waals surface area contributed by atoms with E-state index in [0.29, 0.717) is 5.92 Å². The van der Waals surface area contributed by atoms with Crippen LogP contribution < -0.4 is 5.56 Å². The number of fused-ring (bicyclic) bond motifs is 2. The fourth-order valence-corrected chi connectivity index (χ4v) is 5.58. The summed E-state index contributed by atoms with van der Waals surface area (Å²) in [4.78, 5) is 45.9. The second-order valence-electron chi connectivity index (χ2n) is 8.64. The van der Waals surface area contributed by atoms with Crippen LogP contribution in [0.5, 0.6) is 0 Å². The molecule has 3 aromatic heterocycles. The molecule has 0 radical (unpaired) electrons. The maximum atomic E-state index is 12.9. The summed E-state index contributed by atoms with van der Waals surface area (Å²) >= 11 is 1.54. The monoisotopic (exact) mass is 504 g/mol. The second kappa shape index (κ2) is 10.1. The highest BCUT2D eigenvalue weighted by atomic mass is 32.1. The van der Waals surface area contributed by atoms with Crippen molar-refractivity contribution in [1.82, 2.24) is 19.3 Å². The first-order valence-electron chi connectivity index (χ1n) is 11.1. The lowest BCUT2D eigenvalue weighted by atomic mass is 9.89. The molecule has 0 amide bonds. The summed E-state index contributed by atoms with van der Waals surface area (Å²) in [6.07, 6.45) is 5.30. The fraction of sp³-hybridized carbons (Fsp3) is 0.391. The van der Waals surface area contributed by atoms with E-state index < -0.39 is 7.82 Å². The van der Waals surface area contributed by atoms with Crippen LogP contribution in [0.4, 0.5) is 0 Å². The molecule has 182 valence electrons. The van der Waals surface area contributed by atoms with Crippen molar-refractivity contribution >= 4 is 35.0 Å². The number of aromatic amines is 1. The third kappa shape index (κ3) is 5.66. The highest BCUT2D eigenvalue weighted by Gasteiger charge is 2.23. The van der Waals surface area contributed by atoms with E-state index in [1.54, 1.807) is 4.40 Å². The minimum absolute atomic E-state index is 0.111. The first kappa shape index (κ1) is 24.8. The Morgan fingerprint density at radius 3 is 2.56 bits per heavy atom. The molecule has 0 saturated carbocycles. The number of hydrogen-bond acceptors (Lipinski definition) is 5. The van der Waals surface area contributed by atoms with E-state index in [1.807, 2.05) is 19.2 Å². The third-order valence-electron chi connectivity index (χ3n) is 6.37. The number of benzene rings is 1. The van der Waals surface area contributed by atoms with E-state index in [9.17, 15) is 4.79 Å². The zero-order chi connectivity index (χ0) is 24.5. The van der Waals surface area contributed by atoms with Crippen LogP contribution in [-0.2, 0) is 11.0 Å². The van der Waals surface area contributed by atoms with Gasteiger partial charge in [0.25, 0.3) is 5.56 Å². The lowest BCUT2D eigenvalue weighted by molar-refractivity contribution is 0.215. The summed E-state index contributed by atoms with van der Waals surface area (Å²) in [5, 5.41) is 3.36. The summed E-state index contributed by atoms with van der Waals surface area (Å²) in [5.74, 6) is 0.612. The molecule has 11 heteroatoms. The molecule has 4 heterocycles. The van der Waals surface area contributed by atoms with E-state index in [2.05, 4.69) is 45.3 Å². The summed E-state index contributed by atoms with van der Waals surface area (Å²) in [6, 6.07) is 8.57. The zero-order valence-corrected chi connectivity index (χ0v) is 20.9. The van der Waals surface area contributed by atoms with Crippen LogP contribution in [0.25, 0.3) is 15.9 Å². The number of aromatic nitrogens is 3.